The lowest BCUT2D eigenvalue weighted by Gasteiger charge is -2.38. The van der Waals surface area contributed by atoms with Crippen LogP contribution in [0.15, 0.2) is 67.0 Å². The number of pyridine rings is 1. The Morgan fingerprint density at radius 1 is 1.15 bits per heavy atom. The van der Waals surface area contributed by atoms with Crippen LogP contribution in [0.25, 0.3) is 0 Å². The van der Waals surface area contributed by atoms with Gasteiger partial charge in [0.1, 0.15) is 11.9 Å². The first-order valence-corrected chi connectivity index (χ1v) is 12.9. The average molecular weight is 550 g/mol. The Balaban J connectivity index is 1.64. The Kier molecular flexibility index (Phi) is 8.95. The van der Waals surface area contributed by atoms with Crippen molar-refractivity contribution < 1.29 is 28.6 Å². The second-order valence-electron chi connectivity index (χ2n) is 9.81. The van der Waals surface area contributed by atoms with E-state index in [1.807, 2.05) is 6.92 Å². The fraction of sp³-hybridized carbons (Fsp3) is 0.310. The number of ether oxygens (including phenoxy) is 1. The number of para-hydroxylation sites is 1. The van der Waals surface area contributed by atoms with Gasteiger partial charge in [-0.3, -0.25) is 14.6 Å². The number of hydrogen-bond donors (Lipinski definition) is 3. The molecule has 4 rings (SSSR count). The highest BCUT2D eigenvalue weighted by atomic mass is 19.1. The lowest BCUT2D eigenvalue weighted by atomic mass is 9.99. The van der Waals surface area contributed by atoms with Gasteiger partial charge in [-0.2, -0.15) is 0 Å². The maximum Gasteiger partial charge on any atom is 0.321 e. The van der Waals surface area contributed by atoms with E-state index < -0.39 is 29.9 Å². The van der Waals surface area contributed by atoms with Gasteiger partial charge in [0, 0.05) is 43.2 Å². The fourth-order valence-electron chi connectivity index (χ4n) is 4.36. The smallest absolute Gasteiger partial charge is 0.321 e. The van der Waals surface area contributed by atoms with Gasteiger partial charge >= 0.3 is 6.03 Å². The molecule has 0 radical (unpaired) electrons. The second-order valence-corrected chi connectivity index (χ2v) is 9.81. The maximum atomic E-state index is 13.6. The SMILES string of the molecule is C[C@@H]1CN([C@@H](C)CO)C(=O)c2cccc(NC(=O)c3ccncc3)c2O[C@@H]1CN(C)C(=O)Nc1ccc(F)cc1. The molecule has 0 spiro atoms. The van der Waals surface area contributed by atoms with Gasteiger partial charge in [-0.1, -0.05) is 13.0 Å². The minimum Gasteiger partial charge on any atom is -0.485 e. The molecule has 40 heavy (non-hydrogen) atoms. The molecule has 11 heteroatoms. The monoisotopic (exact) mass is 549 g/mol. The van der Waals surface area contributed by atoms with E-state index in [2.05, 4.69) is 15.6 Å². The molecule has 1 aliphatic rings. The summed E-state index contributed by atoms with van der Waals surface area (Å²) in [6, 6.07) is 12.5. The largest absolute Gasteiger partial charge is 0.485 e. The lowest BCUT2D eigenvalue weighted by Crippen LogP contribution is -2.50. The zero-order valence-corrected chi connectivity index (χ0v) is 22.5. The molecule has 0 fully saturated rings. The molecule has 210 valence electrons. The number of fused-ring (bicyclic) bond motifs is 1. The van der Waals surface area contributed by atoms with Crippen LogP contribution in [0.1, 0.15) is 34.6 Å². The number of aromatic nitrogens is 1. The van der Waals surface area contributed by atoms with Gasteiger partial charge in [0.15, 0.2) is 5.75 Å². The van der Waals surface area contributed by atoms with E-state index in [-0.39, 0.29) is 42.8 Å². The van der Waals surface area contributed by atoms with Crippen molar-refractivity contribution in [2.45, 2.75) is 26.0 Å². The number of halogens is 1. The third-order valence-corrected chi connectivity index (χ3v) is 6.78. The number of amides is 4. The van der Waals surface area contributed by atoms with E-state index >= 15 is 0 Å². The topological polar surface area (TPSA) is 124 Å². The number of carbonyl (C=O) groups is 3. The molecule has 3 atom stereocenters. The van der Waals surface area contributed by atoms with E-state index in [1.165, 1.54) is 41.6 Å². The highest BCUT2D eigenvalue weighted by molar-refractivity contribution is 6.07. The highest BCUT2D eigenvalue weighted by Crippen LogP contribution is 2.35. The molecule has 2 aromatic carbocycles. The van der Waals surface area contributed by atoms with Crippen LogP contribution in [0.3, 0.4) is 0 Å². The van der Waals surface area contributed by atoms with Gasteiger partial charge in [-0.15, -0.1) is 0 Å². The van der Waals surface area contributed by atoms with Gasteiger partial charge in [0.05, 0.1) is 30.4 Å². The number of aliphatic hydroxyl groups is 1. The summed E-state index contributed by atoms with van der Waals surface area (Å²) in [5.74, 6) is -1.26. The molecule has 10 nitrogen and oxygen atoms in total. The normalized spacial score (nSPS) is 17.5. The number of likely N-dealkylation sites (N-methyl/N-ethyl adjacent to an activating group) is 1. The van der Waals surface area contributed by atoms with Crippen molar-refractivity contribution in [1.82, 2.24) is 14.8 Å². The van der Waals surface area contributed by atoms with E-state index in [0.717, 1.165) is 0 Å². The number of hydrogen-bond acceptors (Lipinski definition) is 6. The summed E-state index contributed by atoms with van der Waals surface area (Å²) in [4.78, 5) is 46.4. The Morgan fingerprint density at radius 3 is 2.52 bits per heavy atom. The van der Waals surface area contributed by atoms with E-state index in [1.54, 1.807) is 49.2 Å². The van der Waals surface area contributed by atoms with Crippen LogP contribution < -0.4 is 15.4 Å². The molecule has 4 amide bonds. The predicted octanol–water partition coefficient (Wildman–Crippen LogP) is 3.86. The average Bonchev–Trinajstić information content (AvgIpc) is 2.96. The molecule has 3 aromatic rings. The molecule has 0 saturated carbocycles. The summed E-state index contributed by atoms with van der Waals surface area (Å²) in [7, 11) is 1.60. The first-order valence-electron chi connectivity index (χ1n) is 12.9. The molecule has 0 unspecified atom stereocenters. The molecule has 0 saturated heterocycles. The van der Waals surface area contributed by atoms with Gasteiger partial charge in [0.25, 0.3) is 11.8 Å². The number of carbonyl (C=O) groups excluding carboxylic acids is 3. The summed E-state index contributed by atoms with van der Waals surface area (Å²) in [6.45, 7) is 3.81. The summed E-state index contributed by atoms with van der Waals surface area (Å²) in [6.07, 6.45) is 2.41. The van der Waals surface area contributed by atoms with Crippen LogP contribution in [0.4, 0.5) is 20.6 Å². The van der Waals surface area contributed by atoms with Gasteiger partial charge < -0.3 is 30.3 Å². The maximum absolute atomic E-state index is 13.6. The predicted molar refractivity (Wildman–Crippen MR) is 148 cm³/mol. The Labute approximate surface area is 231 Å². The molecule has 1 aliphatic heterocycles. The van der Waals surface area contributed by atoms with Crippen LogP contribution >= 0.6 is 0 Å². The number of nitrogens with zero attached hydrogens (tertiary/aromatic N) is 3. The van der Waals surface area contributed by atoms with Crippen molar-refractivity contribution in [2.24, 2.45) is 5.92 Å². The second kappa shape index (κ2) is 12.6. The molecule has 2 heterocycles. The Hall–Kier alpha value is -4.51. The summed E-state index contributed by atoms with van der Waals surface area (Å²) in [5.41, 5.74) is 1.33. The first kappa shape index (κ1) is 28.5. The van der Waals surface area contributed by atoms with Crippen LogP contribution in [0.5, 0.6) is 5.75 Å². The van der Waals surface area contributed by atoms with Crippen LogP contribution in [-0.4, -0.2) is 76.6 Å². The zero-order valence-electron chi connectivity index (χ0n) is 22.5. The van der Waals surface area contributed by atoms with Crippen LogP contribution in [0, 0.1) is 11.7 Å². The zero-order chi connectivity index (χ0) is 28.8. The quantitative estimate of drug-likeness (QED) is 0.411. The van der Waals surface area contributed by atoms with Crippen molar-refractivity contribution in [3.05, 3.63) is 83.9 Å². The molecular weight excluding hydrogens is 517 g/mol. The molecular formula is C29H32FN5O5. The van der Waals surface area contributed by atoms with Crippen LogP contribution in [-0.2, 0) is 0 Å². The van der Waals surface area contributed by atoms with Crippen molar-refractivity contribution in [3.8, 4) is 5.75 Å². The van der Waals surface area contributed by atoms with Crippen molar-refractivity contribution >= 4 is 29.2 Å². The summed E-state index contributed by atoms with van der Waals surface area (Å²) in [5, 5.41) is 15.4. The van der Waals surface area contributed by atoms with E-state index in [0.29, 0.717) is 16.9 Å². The number of urea groups is 1. The number of nitrogens with one attached hydrogen (secondary N) is 2. The highest BCUT2D eigenvalue weighted by Gasteiger charge is 2.35. The molecule has 0 bridgehead atoms. The van der Waals surface area contributed by atoms with Crippen molar-refractivity contribution in [1.29, 1.82) is 0 Å². The minimum atomic E-state index is -0.594. The lowest BCUT2D eigenvalue weighted by molar-refractivity contribution is 0.0372. The van der Waals surface area contributed by atoms with Crippen molar-refractivity contribution in [3.63, 3.8) is 0 Å². The third-order valence-electron chi connectivity index (χ3n) is 6.78. The number of anilines is 2. The first-order chi connectivity index (χ1) is 19.2. The van der Waals surface area contributed by atoms with Crippen LogP contribution in [0.2, 0.25) is 0 Å². The standard InChI is InChI=1S/C29H32FN5O5/c1-18-15-35(19(2)17-36)28(38)23-5-4-6-24(33-27(37)20-11-13-31-14-12-20)26(23)40-25(18)16-34(3)29(39)32-22-9-7-21(30)8-10-22/h4-14,18-19,25,36H,15-17H2,1-3H3,(H,32,39)(H,33,37)/t18-,19+,25-/m1/s1. The number of rotatable bonds is 7. The number of aliphatic hydroxyl groups excluding tert-OH is 1. The van der Waals surface area contributed by atoms with Gasteiger partial charge in [-0.05, 0) is 55.5 Å². The Morgan fingerprint density at radius 2 is 1.85 bits per heavy atom. The van der Waals surface area contributed by atoms with Crippen molar-refractivity contribution in [2.75, 3.05) is 37.4 Å². The molecule has 3 N–H and O–H groups in total. The summed E-state index contributed by atoms with van der Waals surface area (Å²) < 4.78 is 19.7. The van der Waals surface area contributed by atoms with Gasteiger partial charge in [0.2, 0.25) is 0 Å². The fourth-order valence-corrected chi connectivity index (χ4v) is 4.36. The Bertz CT molecular complexity index is 1350. The minimum absolute atomic E-state index is 0.135. The van der Waals surface area contributed by atoms with E-state index in [9.17, 15) is 23.9 Å². The van der Waals surface area contributed by atoms with Gasteiger partial charge in [-0.25, -0.2) is 9.18 Å². The molecule has 1 aromatic heterocycles. The summed E-state index contributed by atoms with van der Waals surface area (Å²) >= 11 is 0. The molecule has 0 aliphatic carbocycles. The third kappa shape index (κ3) is 6.55. The number of benzene rings is 2. The van der Waals surface area contributed by atoms with E-state index in [4.69, 9.17) is 4.74 Å².